The van der Waals surface area contributed by atoms with Gasteiger partial charge in [0.2, 0.25) is 5.91 Å². The molecule has 0 aliphatic carbocycles. The molecule has 0 saturated carbocycles. The number of nitrogens with two attached hydrogens (primary N) is 1. The van der Waals surface area contributed by atoms with Crippen LogP contribution in [0.1, 0.15) is 43.7 Å². The van der Waals surface area contributed by atoms with Crippen LogP contribution in [0.5, 0.6) is 5.75 Å². The molecular formula is C24H30N4O4S. The maximum atomic E-state index is 12.2. The van der Waals surface area contributed by atoms with Gasteiger partial charge in [-0.25, -0.2) is 0 Å². The van der Waals surface area contributed by atoms with E-state index < -0.39 is 10.0 Å². The van der Waals surface area contributed by atoms with E-state index in [9.17, 15) is 13.2 Å². The molecule has 2 aromatic carbocycles. The minimum Gasteiger partial charge on any atom is -0.494 e. The monoisotopic (exact) mass is 470 g/mol. The summed E-state index contributed by atoms with van der Waals surface area (Å²) in [4.78, 5) is 16.3. The molecule has 1 saturated heterocycles. The number of sulfonamides is 1. The summed E-state index contributed by atoms with van der Waals surface area (Å²) in [5.41, 5.74) is 7.80. The Balaban J connectivity index is 1.34. The van der Waals surface area contributed by atoms with Gasteiger partial charge in [-0.2, -0.15) is 8.42 Å². The van der Waals surface area contributed by atoms with Crippen molar-refractivity contribution in [3.05, 3.63) is 53.6 Å². The quantitative estimate of drug-likeness (QED) is 0.595. The Morgan fingerprint density at radius 2 is 1.94 bits per heavy atom. The predicted octanol–water partition coefficient (Wildman–Crippen LogP) is 2.90. The molecular weight excluding hydrogens is 440 g/mol. The molecule has 0 atom stereocenters. The average Bonchev–Trinajstić information content (AvgIpc) is 3.02. The Bertz CT molecular complexity index is 1160. The second-order valence-electron chi connectivity index (χ2n) is 8.49. The van der Waals surface area contributed by atoms with Crippen LogP contribution in [0.25, 0.3) is 0 Å². The Morgan fingerprint density at radius 3 is 2.70 bits per heavy atom. The van der Waals surface area contributed by atoms with Crippen LogP contribution in [0, 0.1) is 0 Å². The van der Waals surface area contributed by atoms with Crippen molar-refractivity contribution < 1.29 is 17.9 Å². The summed E-state index contributed by atoms with van der Waals surface area (Å²) in [6.07, 6.45) is 4.44. The standard InChI is InChI=1S/C24H30N4O4S/c1-18(29)28(20-9-10-22-23(16-20)33(30,31)26-24(22)25)13-6-14-32-21-8-5-7-19(15-21)17-27-11-3-2-4-12-27/h5,7-10,15-16H,2-4,6,11-14,17H2,1H3,(H2,25,26). The maximum Gasteiger partial charge on any atom is 0.285 e. The van der Waals surface area contributed by atoms with Gasteiger partial charge in [0, 0.05) is 31.3 Å². The van der Waals surface area contributed by atoms with Gasteiger partial charge in [-0.15, -0.1) is 4.40 Å². The number of fused-ring (bicyclic) bond motifs is 1. The van der Waals surface area contributed by atoms with Crippen molar-refractivity contribution in [3.63, 3.8) is 0 Å². The molecule has 0 aromatic heterocycles. The molecule has 4 rings (SSSR count). The summed E-state index contributed by atoms with van der Waals surface area (Å²) in [6, 6.07) is 12.9. The Morgan fingerprint density at radius 1 is 1.15 bits per heavy atom. The lowest BCUT2D eigenvalue weighted by molar-refractivity contribution is -0.116. The molecule has 0 bridgehead atoms. The van der Waals surface area contributed by atoms with Crippen molar-refractivity contribution in [1.29, 1.82) is 0 Å². The minimum atomic E-state index is -3.82. The number of ether oxygens (including phenoxy) is 1. The van der Waals surface area contributed by atoms with Crippen LogP contribution < -0.4 is 15.4 Å². The van der Waals surface area contributed by atoms with Crippen LogP contribution >= 0.6 is 0 Å². The van der Waals surface area contributed by atoms with Gasteiger partial charge in [-0.1, -0.05) is 18.6 Å². The van der Waals surface area contributed by atoms with E-state index >= 15 is 0 Å². The molecule has 9 heteroatoms. The van der Waals surface area contributed by atoms with Gasteiger partial charge in [0.1, 0.15) is 16.5 Å². The molecule has 8 nitrogen and oxygen atoms in total. The third kappa shape index (κ3) is 5.54. The molecule has 0 radical (unpaired) electrons. The number of carbonyl (C=O) groups excluding carboxylic acids is 1. The summed E-state index contributed by atoms with van der Waals surface area (Å²) in [5, 5.41) is 0. The molecule has 2 aliphatic heterocycles. The fourth-order valence-corrected chi connectivity index (χ4v) is 5.50. The third-order valence-corrected chi connectivity index (χ3v) is 7.31. The zero-order chi connectivity index (χ0) is 23.4. The zero-order valence-corrected chi connectivity index (χ0v) is 19.7. The van der Waals surface area contributed by atoms with Gasteiger partial charge in [-0.3, -0.25) is 9.69 Å². The van der Waals surface area contributed by atoms with Gasteiger partial charge < -0.3 is 15.4 Å². The van der Waals surface area contributed by atoms with E-state index in [0.717, 1.165) is 25.4 Å². The van der Waals surface area contributed by atoms with E-state index in [-0.39, 0.29) is 16.6 Å². The van der Waals surface area contributed by atoms with Crippen LogP contribution in [0.3, 0.4) is 0 Å². The topological polar surface area (TPSA) is 105 Å². The first-order valence-electron chi connectivity index (χ1n) is 11.3. The van der Waals surface area contributed by atoms with Crippen LogP contribution in [-0.2, 0) is 21.4 Å². The molecule has 176 valence electrons. The molecule has 0 spiro atoms. The fraction of sp³-hybridized carbons (Fsp3) is 0.417. The number of likely N-dealkylation sites (tertiary alicyclic amines) is 1. The second kappa shape index (κ2) is 9.93. The molecule has 2 aliphatic rings. The number of carbonyl (C=O) groups is 1. The number of amidine groups is 1. The summed E-state index contributed by atoms with van der Waals surface area (Å²) < 4.78 is 33.8. The summed E-state index contributed by atoms with van der Waals surface area (Å²) in [7, 11) is -3.82. The maximum absolute atomic E-state index is 12.2. The Hall–Kier alpha value is -2.91. The van der Waals surface area contributed by atoms with Gasteiger partial charge >= 0.3 is 0 Å². The number of anilines is 1. The van der Waals surface area contributed by atoms with Crippen molar-refractivity contribution in [3.8, 4) is 5.75 Å². The van der Waals surface area contributed by atoms with E-state index in [1.807, 2.05) is 12.1 Å². The highest BCUT2D eigenvalue weighted by molar-refractivity contribution is 7.90. The highest BCUT2D eigenvalue weighted by Gasteiger charge is 2.28. The lowest BCUT2D eigenvalue weighted by Gasteiger charge is -2.26. The van der Waals surface area contributed by atoms with E-state index in [1.165, 1.54) is 37.8 Å². The molecule has 0 unspecified atom stereocenters. The average molecular weight is 471 g/mol. The first-order valence-corrected chi connectivity index (χ1v) is 12.7. The molecule has 1 amide bonds. The normalized spacial score (nSPS) is 17.3. The number of piperidine rings is 1. The zero-order valence-electron chi connectivity index (χ0n) is 18.9. The summed E-state index contributed by atoms with van der Waals surface area (Å²) in [5.74, 6) is 0.611. The van der Waals surface area contributed by atoms with Crippen LogP contribution in [-0.4, -0.2) is 51.3 Å². The second-order valence-corrected chi connectivity index (χ2v) is 10.1. The SMILES string of the molecule is CC(=O)N(CCCOc1cccc(CN2CCCCC2)c1)c1ccc2c(c1)S(=O)(=O)N=C2N. The third-order valence-electron chi connectivity index (χ3n) is 5.98. The van der Waals surface area contributed by atoms with Gasteiger partial charge in [-0.05, 0) is 68.2 Å². The molecule has 2 aromatic rings. The molecule has 33 heavy (non-hydrogen) atoms. The van der Waals surface area contributed by atoms with Crippen molar-refractivity contribution in [2.75, 3.05) is 31.1 Å². The minimum absolute atomic E-state index is 0.0261. The van der Waals surface area contributed by atoms with E-state index in [2.05, 4.69) is 21.4 Å². The fourth-order valence-electron chi connectivity index (χ4n) is 4.32. The number of hydrogen-bond acceptors (Lipinski definition) is 6. The summed E-state index contributed by atoms with van der Waals surface area (Å²) in [6.45, 7) is 5.53. The van der Waals surface area contributed by atoms with Crippen LogP contribution in [0.4, 0.5) is 5.69 Å². The number of hydrogen-bond donors (Lipinski definition) is 1. The van der Waals surface area contributed by atoms with Crippen LogP contribution in [0.15, 0.2) is 51.8 Å². The molecule has 1 fully saturated rings. The van der Waals surface area contributed by atoms with Crippen molar-refractivity contribution >= 4 is 27.5 Å². The van der Waals surface area contributed by atoms with Gasteiger partial charge in [0.25, 0.3) is 10.0 Å². The highest BCUT2D eigenvalue weighted by Crippen LogP contribution is 2.29. The Labute approximate surface area is 195 Å². The van der Waals surface area contributed by atoms with Crippen molar-refractivity contribution in [2.45, 2.75) is 44.0 Å². The van der Waals surface area contributed by atoms with Crippen molar-refractivity contribution in [1.82, 2.24) is 4.90 Å². The number of nitrogens with zero attached hydrogens (tertiary/aromatic N) is 3. The first kappa shape index (κ1) is 23.3. The Kier molecular flexibility index (Phi) is 6.99. The van der Waals surface area contributed by atoms with Crippen molar-refractivity contribution in [2.24, 2.45) is 10.1 Å². The first-order chi connectivity index (χ1) is 15.8. The van der Waals surface area contributed by atoms with E-state index in [4.69, 9.17) is 10.5 Å². The largest absolute Gasteiger partial charge is 0.494 e. The predicted molar refractivity (Wildman–Crippen MR) is 128 cm³/mol. The van der Waals surface area contributed by atoms with E-state index in [1.54, 1.807) is 17.0 Å². The number of benzene rings is 2. The molecule has 2 N–H and O–H groups in total. The summed E-state index contributed by atoms with van der Waals surface area (Å²) >= 11 is 0. The lowest BCUT2D eigenvalue weighted by atomic mass is 10.1. The lowest BCUT2D eigenvalue weighted by Crippen LogP contribution is -2.30. The highest BCUT2D eigenvalue weighted by atomic mass is 32.2. The van der Waals surface area contributed by atoms with Gasteiger partial charge in [0.15, 0.2) is 0 Å². The number of amides is 1. The molecule has 2 heterocycles. The smallest absolute Gasteiger partial charge is 0.285 e. The number of rotatable bonds is 8. The van der Waals surface area contributed by atoms with Gasteiger partial charge in [0.05, 0.1) is 6.61 Å². The van der Waals surface area contributed by atoms with Crippen LogP contribution in [0.2, 0.25) is 0 Å². The van der Waals surface area contributed by atoms with E-state index in [0.29, 0.717) is 30.8 Å².